The number of fused-ring (bicyclic) bond motifs is 2. The number of amides is 1. The molecule has 3 rings (SSSR count). The summed E-state index contributed by atoms with van der Waals surface area (Å²) in [6.07, 6.45) is 7.36. The number of aromatic nitrogens is 1. The molecule has 2 aliphatic rings. The molecule has 4 heteroatoms. The monoisotopic (exact) mass is 244 g/mol. The molecule has 94 valence electrons. The van der Waals surface area contributed by atoms with Crippen molar-refractivity contribution < 1.29 is 9.59 Å². The van der Waals surface area contributed by atoms with Crippen LogP contribution in [0.1, 0.15) is 42.5 Å². The largest absolute Gasteiger partial charge is 0.332 e. The molecule has 4 nitrogen and oxygen atoms in total. The van der Waals surface area contributed by atoms with Gasteiger partial charge in [-0.05, 0) is 31.4 Å². The van der Waals surface area contributed by atoms with Gasteiger partial charge in [0.05, 0.1) is 5.56 Å². The Hall–Kier alpha value is -1.71. The number of piperidine rings is 2. The molecule has 0 saturated carbocycles. The molecule has 1 aromatic heterocycles. The second kappa shape index (κ2) is 4.52. The third-order valence-electron chi connectivity index (χ3n) is 3.93. The Bertz CT molecular complexity index is 456. The van der Waals surface area contributed by atoms with Crippen molar-refractivity contribution in [3.8, 4) is 0 Å². The van der Waals surface area contributed by atoms with Gasteiger partial charge in [-0.3, -0.25) is 14.6 Å². The van der Waals surface area contributed by atoms with Gasteiger partial charge in [-0.2, -0.15) is 0 Å². The Balaban J connectivity index is 1.87. The highest BCUT2D eigenvalue weighted by atomic mass is 16.2. The molecule has 0 aromatic carbocycles. The van der Waals surface area contributed by atoms with Gasteiger partial charge in [0, 0.05) is 37.3 Å². The SMILES string of the molecule is O=C1CC2CCCC(C1)N2C(=O)c1cccnc1. The summed E-state index contributed by atoms with van der Waals surface area (Å²) in [6.45, 7) is 0. The van der Waals surface area contributed by atoms with Crippen molar-refractivity contribution in [1.29, 1.82) is 0 Å². The minimum Gasteiger partial charge on any atom is -0.332 e. The van der Waals surface area contributed by atoms with Crippen LogP contribution in [0.3, 0.4) is 0 Å². The predicted molar refractivity (Wildman–Crippen MR) is 66.1 cm³/mol. The Labute approximate surface area is 106 Å². The standard InChI is InChI=1S/C14H16N2O2/c17-13-7-11-4-1-5-12(8-13)16(11)14(18)10-3-2-6-15-9-10/h2-3,6,9,11-12H,1,4-5,7-8H2. The first kappa shape index (κ1) is 11.4. The number of ketones is 1. The number of hydrogen-bond donors (Lipinski definition) is 0. The predicted octanol–water partition coefficient (Wildman–Crippen LogP) is 1.81. The van der Waals surface area contributed by atoms with Gasteiger partial charge in [0.25, 0.3) is 5.91 Å². The van der Waals surface area contributed by atoms with Gasteiger partial charge < -0.3 is 4.90 Å². The van der Waals surface area contributed by atoms with Gasteiger partial charge in [-0.15, -0.1) is 0 Å². The Morgan fingerprint density at radius 1 is 1.28 bits per heavy atom. The van der Waals surface area contributed by atoms with E-state index in [0.29, 0.717) is 24.2 Å². The first-order chi connectivity index (χ1) is 8.75. The quantitative estimate of drug-likeness (QED) is 0.757. The molecule has 2 atom stereocenters. The summed E-state index contributed by atoms with van der Waals surface area (Å²) in [4.78, 5) is 30.1. The Morgan fingerprint density at radius 3 is 2.61 bits per heavy atom. The fraction of sp³-hybridized carbons (Fsp3) is 0.500. The number of carbonyl (C=O) groups excluding carboxylic acids is 2. The second-order valence-corrected chi connectivity index (χ2v) is 5.14. The van der Waals surface area contributed by atoms with Crippen molar-refractivity contribution in [1.82, 2.24) is 9.88 Å². The highest BCUT2D eigenvalue weighted by Crippen LogP contribution is 2.33. The van der Waals surface area contributed by atoms with E-state index >= 15 is 0 Å². The molecule has 0 N–H and O–H groups in total. The molecule has 2 fully saturated rings. The third-order valence-corrected chi connectivity index (χ3v) is 3.93. The van der Waals surface area contributed by atoms with Crippen molar-refractivity contribution >= 4 is 11.7 Å². The van der Waals surface area contributed by atoms with Crippen LogP contribution < -0.4 is 0 Å². The highest BCUT2D eigenvalue weighted by Gasteiger charge is 2.40. The smallest absolute Gasteiger partial charge is 0.255 e. The molecule has 0 aliphatic carbocycles. The lowest BCUT2D eigenvalue weighted by atomic mass is 9.83. The summed E-state index contributed by atoms with van der Waals surface area (Å²) < 4.78 is 0. The zero-order valence-electron chi connectivity index (χ0n) is 10.2. The van der Waals surface area contributed by atoms with Crippen molar-refractivity contribution in [3.63, 3.8) is 0 Å². The van der Waals surface area contributed by atoms with Crippen LogP contribution in [0.5, 0.6) is 0 Å². The molecular weight excluding hydrogens is 228 g/mol. The van der Waals surface area contributed by atoms with E-state index in [9.17, 15) is 9.59 Å². The van der Waals surface area contributed by atoms with Crippen molar-refractivity contribution in [2.24, 2.45) is 0 Å². The van der Waals surface area contributed by atoms with Crippen LogP contribution in [-0.4, -0.2) is 33.7 Å². The summed E-state index contributed by atoms with van der Waals surface area (Å²) >= 11 is 0. The fourth-order valence-corrected chi connectivity index (χ4v) is 3.15. The number of carbonyl (C=O) groups is 2. The number of Topliss-reactive ketones (excluding diaryl/α,β-unsaturated/α-hetero) is 1. The lowest BCUT2D eigenvalue weighted by Crippen LogP contribution is -2.54. The zero-order chi connectivity index (χ0) is 12.5. The number of hydrogen-bond acceptors (Lipinski definition) is 3. The topological polar surface area (TPSA) is 50.3 Å². The van der Waals surface area contributed by atoms with Crippen LogP contribution >= 0.6 is 0 Å². The lowest BCUT2D eigenvalue weighted by molar-refractivity contribution is -0.125. The molecule has 0 radical (unpaired) electrons. The normalized spacial score (nSPS) is 27.1. The average molecular weight is 244 g/mol. The van der Waals surface area contributed by atoms with Crippen molar-refractivity contribution in [2.45, 2.75) is 44.2 Å². The van der Waals surface area contributed by atoms with Gasteiger partial charge in [0.1, 0.15) is 5.78 Å². The molecule has 2 aliphatic heterocycles. The fourth-order valence-electron chi connectivity index (χ4n) is 3.15. The van der Waals surface area contributed by atoms with E-state index in [1.807, 2.05) is 4.90 Å². The summed E-state index contributed by atoms with van der Waals surface area (Å²) in [5.41, 5.74) is 0.628. The van der Waals surface area contributed by atoms with Gasteiger partial charge in [0.2, 0.25) is 0 Å². The number of rotatable bonds is 1. The molecule has 1 aromatic rings. The molecular formula is C14H16N2O2. The third kappa shape index (κ3) is 1.92. The maximum absolute atomic E-state index is 12.5. The van der Waals surface area contributed by atoms with Crippen molar-refractivity contribution in [3.05, 3.63) is 30.1 Å². The Morgan fingerprint density at radius 2 is 2.00 bits per heavy atom. The van der Waals surface area contributed by atoms with E-state index in [2.05, 4.69) is 4.98 Å². The average Bonchev–Trinajstić information content (AvgIpc) is 2.38. The molecule has 18 heavy (non-hydrogen) atoms. The molecule has 2 saturated heterocycles. The molecule has 1 amide bonds. The zero-order valence-corrected chi connectivity index (χ0v) is 10.2. The molecule has 3 heterocycles. The van der Waals surface area contributed by atoms with Crippen LogP contribution in [-0.2, 0) is 4.79 Å². The summed E-state index contributed by atoms with van der Waals surface area (Å²) in [7, 11) is 0. The highest BCUT2D eigenvalue weighted by molar-refractivity contribution is 5.96. The van der Waals surface area contributed by atoms with Gasteiger partial charge in [0.15, 0.2) is 0 Å². The van der Waals surface area contributed by atoms with E-state index in [-0.39, 0.29) is 18.0 Å². The first-order valence-electron chi connectivity index (χ1n) is 6.50. The number of nitrogens with zero attached hydrogens (tertiary/aromatic N) is 2. The van der Waals surface area contributed by atoms with Crippen LogP contribution in [0.25, 0.3) is 0 Å². The van der Waals surface area contributed by atoms with E-state index in [1.165, 1.54) is 0 Å². The van der Waals surface area contributed by atoms with Gasteiger partial charge >= 0.3 is 0 Å². The second-order valence-electron chi connectivity index (χ2n) is 5.14. The lowest BCUT2D eigenvalue weighted by Gasteiger charge is -2.45. The summed E-state index contributed by atoms with van der Waals surface area (Å²) in [5.74, 6) is 0.338. The summed E-state index contributed by atoms with van der Waals surface area (Å²) in [6, 6.07) is 3.79. The maximum atomic E-state index is 12.5. The summed E-state index contributed by atoms with van der Waals surface area (Å²) in [5, 5.41) is 0. The van der Waals surface area contributed by atoms with Crippen LogP contribution in [0.4, 0.5) is 0 Å². The molecule has 0 spiro atoms. The molecule has 2 bridgehead atoms. The minimum absolute atomic E-state index is 0.0327. The first-order valence-corrected chi connectivity index (χ1v) is 6.50. The van der Waals surface area contributed by atoms with Gasteiger partial charge in [-0.25, -0.2) is 0 Å². The Kier molecular flexibility index (Phi) is 2.86. The van der Waals surface area contributed by atoms with Crippen molar-refractivity contribution in [2.75, 3.05) is 0 Å². The van der Waals surface area contributed by atoms with E-state index in [1.54, 1.807) is 24.5 Å². The van der Waals surface area contributed by atoms with Crippen LogP contribution in [0, 0.1) is 0 Å². The minimum atomic E-state index is 0.0327. The van der Waals surface area contributed by atoms with Crippen LogP contribution in [0.15, 0.2) is 24.5 Å². The van der Waals surface area contributed by atoms with Crippen LogP contribution in [0.2, 0.25) is 0 Å². The number of pyridine rings is 1. The van der Waals surface area contributed by atoms with E-state index in [0.717, 1.165) is 19.3 Å². The molecule has 2 unspecified atom stereocenters. The van der Waals surface area contributed by atoms with E-state index < -0.39 is 0 Å². The van der Waals surface area contributed by atoms with E-state index in [4.69, 9.17) is 0 Å². The maximum Gasteiger partial charge on any atom is 0.255 e. The van der Waals surface area contributed by atoms with Gasteiger partial charge in [-0.1, -0.05) is 0 Å².